The summed E-state index contributed by atoms with van der Waals surface area (Å²) in [6, 6.07) is 0.878. The first-order valence-corrected chi connectivity index (χ1v) is 6.25. The lowest BCUT2D eigenvalue weighted by Gasteiger charge is -2.38. The molecule has 1 saturated heterocycles. The average Bonchev–Trinajstić information content (AvgIpc) is 2.30. The van der Waals surface area contributed by atoms with Crippen molar-refractivity contribution in [3.63, 3.8) is 0 Å². The van der Waals surface area contributed by atoms with Crippen molar-refractivity contribution in [2.24, 2.45) is 5.92 Å². The van der Waals surface area contributed by atoms with E-state index in [4.69, 9.17) is 5.11 Å². The number of likely N-dealkylation sites (tertiary alicyclic amines) is 1. The minimum atomic E-state index is 0.401. The van der Waals surface area contributed by atoms with E-state index < -0.39 is 0 Å². The van der Waals surface area contributed by atoms with Crippen LogP contribution in [0.2, 0.25) is 0 Å². The molecule has 0 aromatic rings. The number of nitrogens with zero attached hydrogens (tertiary/aromatic N) is 1. The van der Waals surface area contributed by atoms with Gasteiger partial charge in [-0.25, -0.2) is 0 Å². The van der Waals surface area contributed by atoms with Crippen molar-refractivity contribution in [1.82, 2.24) is 4.90 Å². The Bertz CT molecular complexity index is 158. The molecular weight excluding hydrogens is 174 g/mol. The lowest BCUT2D eigenvalue weighted by atomic mass is 9.90. The Morgan fingerprint density at radius 1 is 0.929 bits per heavy atom. The summed E-state index contributed by atoms with van der Waals surface area (Å²) >= 11 is 0. The number of hydrogen-bond acceptors (Lipinski definition) is 2. The van der Waals surface area contributed by atoms with Gasteiger partial charge in [-0.1, -0.05) is 19.3 Å². The topological polar surface area (TPSA) is 23.5 Å². The molecule has 1 saturated carbocycles. The molecule has 0 aromatic carbocycles. The highest BCUT2D eigenvalue weighted by atomic mass is 16.3. The molecule has 0 amide bonds. The molecule has 0 unspecified atom stereocenters. The standard InChI is InChI=1S/C12H23NO/c14-10-11-6-8-13(9-7-11)12-4-2-1-3-5-12/h11-12,14H,1-10H2. The normalized spacial score (nSPS) is 28.1. The van der Waals surface area contributed by atoms with Gasteiger partial charge >= 0.3 is 0 Å². The largest absolute Gasteiger partial charge is 0.396 e. The van der Waals surface area contributed by atoms with E-state index in [1.54, 1.807) is 0 Å². The van der Waals surface area contributed by atoms with Crippen molar-refractivity contribution in [3.8, 4) is 0 Å². The van der Waals surface area contributed by atoms with Crippen molar-refractivity contribution in [2.45, 2.75) is 51.0 Å². The summed E-state index contributed by atoms with van der Waals surface area (Å²) in [5.74, 6) is 0.592. The maximum atomic E-state index is 9.07. The fraction of sp³-hybridized carbons (Fsp3) is 1.00. The van der Waals surface area contributed by atoms with Crippen LogP contribution in [0.25, 0.3) is 0 Å². The van der Waals surface area contributed by atoms with E-state index in [2.05, 4.69) is 4.90 Å². The molecule has 1 heterocycles. The SMILES string of the molecule is OCC1CCN(C2CCCCC2)CC1. The molecule has 2 heteroatoms. The van der Waals surface area contributed by atoms with E-state index in [1.807, 2.05) is 0 Å². The molecule has 14 heavy (non-hydrogen) atoms. The molecular formula is C12H23NO. The van der Waals surface area contributed by atoms with E-state index in [1.165, 1.54) is 58.0 Å². The van der Waals surface area contributed by atoms with Gasteiger partial charge in [0.05, 0.1) is 0 Å². The van der Waals surface area contributed by atoms with Crippen LogP contribution >= 0.6 is 0 Å². The number of rotatable bonds is 2. The third kappa shape index (κ3) is 2.48. The third-order valence-electron chi connectivity index (χ3n) is 4.00. The minimum Gasteiger partial charge on any atom is -0.396 e. The number of aliphatic hydroxyl groups is 1. The number of piperidine rings is 1. The summed E-state index contributed by atoms with van der Waals surface area (Å²) in [7, 11) is 0. The minimum absolute atomic E-state index is 0.401. The predicted molar refractivity (Wildman–Crippen MR) is 58.3 cm³/mol. The van der Waals surface area contributed by atoms with Gasteiger partial charge in [-0.3, -0.25) is 0 Å². The highest BCUT2D eigenvalue weighted by Crippen LogP contribution is 2.26. The van der Waals surface area contributed by atoms with E-state index in [0.717, 1.165) is 6.04 Å². The molecule has 0 aromatic heterocycles. The molecule has 0 spiro atoms. The lowest BCUT2D eigenvalue weighted by Crippen LogP contribution is -2.42. The van der Waals surface area contributed by atoms with Crippen LogP contribution in [0, 0.1) is 5.92 Å². The van der Waals surface area contributed by atoms with Gasteiger partial charge in [0.2, 0.25) is 0 Å². The van der Waals surface area contributed by atoms with Crippen molar-refractivity contribution < 1.29 is 5.11 Å². The van der Waals surface area contributed by atoms with Gasteiger partial charge in [0, 0.05) is 12.6 Å². The fourth-order valence-electron chi connectivity index (χ4n) is 2.95. The summed E-state index contributed by atoms with van der Waals surface area (Å²) in [5, 5.41) is 9.07. The summed E-state index contributed by atoms with van der Waals surface area (Å²) in [4.78, 5) is 2.67. The first-order chi connectivity index (χ1) is 6.90. The van der Waals surface area contributed by atoms with Crippen molar-refractivity contribution >= 4 is 0 Å². The second kappa shape index (κ2) is 5.13. The number of aliphatic hydroxyl groups excluding tert-OH is 1. The van der Waals surface area contributed by atoms with E-state index in [-0.39, 0.29) is 0 Å². The molecule has 2 nitrogen and oxygen atoms in total. The maximum absolute atomic E-state index is 9.07. The first-order valence-electron chi connectivity index (χ1n) is 6.25. The van der Waals surface area contributed by atoms with Crippen LogP contribution in [-0.4, -0.2) is 35.7 Å². The van der Waals surface area contributed by atoms with Crippen LogP contribution in [0.5, 0.6) is 0 Å². The third-order valence-corrected chi connectivity index (χ3v) is 4.00. The first kappa shape index (κ1) is 10.4. The van der Waals surface area contributed by atoms with Gasteiger partial charge in [-0.2, -0.15) is 0 Å². The highest BCUT2D eigenvalue weighted by molar-refractivity contribution is 4.80. The lowest BCUT2D eigenvalue weighted by molar-refractivity contribution is 0.0839. The van der Waals surface area contributed by atoms with Crippen LogP contribution in [0.15, 0.2) is 0 Å². The zero-order chi connectivity index (χ0) is 9.80. The Morgan fingerprint density at radius 3 is 2.14 bits per heavy atom. The smallest absolute Gasteiger partial charge is 0.0460 e. The van der Waals surface area contributed by atoms with Crippen LogP contribution in [0.4, 0.5) is 0 Å². The molecule has 1 aliphatic carbocycles. The molecule has 82 valence electrons. The van der Waals surface area contributed by atoms with Crippen LogP contribution in [0.1, 0.15) is 44.9 Å². The molecule has 0 bridgehead atoms. The quantitative estimate of drug-likeness (QED) is 0.732. The zero-order valence-electron chi connectivity index (χ0n) is 9.12. The molecule has 2 fully saturated rings. The summed E-state index contributed by atoms with van der Waals surface area (Å²) < 4.78 is 0. The predicted octanol–water partition coefficient (Wildman–Crippen LogP) is 2.02. The Kier molecular flexibility index (Phi) is 3.82. The van der Waals surface area contributed by atoms with Gasteiger partial charge in [0.15, 0.2) is 0 Å². The molecule has 2 aliphatic rings. The molecule has 0 radical (unpaired) electrons. The monoisotopic (exact) mass is 197 g/mol. The van der Waals surface area contributed by atoms with Crippen LogP contribution < -0.4 is 0 Å². The fourth-order valence-corrected chi connectivity index (χ4v) is 2.95. The van der Waals surface area contributed by atoms with Crippen molar-refractivity contribution in [1.29, 1.82) is 0 Å². The maximum Gasteiger partial charge on any atom is 0.0460 e. The molecule has 2 rings (SSSR count). The number of hydrogen-bond donors (Lipinski definition) is 1. The summed E-state index contributed by atoms with van der Waals surface area (Å²) in [5.41, 5.74) is 0. The van der Waals surface area contributed by atoms with E-state index in [9.17, 15) is 0 Å². The van der Waals surface area contributed by atoms with Crippen LogP contribution in [0.3, 0.4) is 0 Å². The summed E-state index contributed by atoms with van der Waals surface area (Å²) in [6.07, 6.45) is 9.59. The Labute approximate surface area is 87.3 Å². The highest BCUT2D eigenvalue weighted by Gasteiger charge is 2.25. The Morgan fingerprint density at radius 2 is 1.57 bits per heavy atom. The molecule has 0 atom stereocenters. The van der Waals surface area contributed by atoms with Crippen molar-refractivity contribution in [2.75, 3.05) is 19.7 Å². The van der Waals surface area contributed by atoms with Gasteiger partial charge in [0.1, 0.15) is 0 Å². The van der Waals surface area contributed by atoms with Gasteiger partial charge in [-0.05, 0) is 44.7 Å². The zero-order valence-corrected chi connectivity index (χ0v) is 9.12. The van der Waals surface area contributed by atoms with E-state index >= 15 is 0 Å². The Balaban J connectivity index is 1.76. The Hall–Kier alpha value is -0.0800. The van der Waals surface area contributed by atoms with Crippen LogP contribution in [-0.2, 0) is 0 Å². The molecule has 1 N–H and O–H groups in total. The second-order valence-electron chi connectivity index (χ2n) is 4.95. The van der Waals surface area contributed by atoms with Crippen molar-refractivity contribution in [3.05, 3.63) is 0 Å². The summed E-state index contributed by atoms with van der Waals surface area (Å²) in [6.45, 7) is 2.87. The van der Waals surface area contributed by atoms with E-state index in [0.29, 0.717) is 12.5 Å². The second-order valence-corrected chi connectivity index (χ2v) is 4.95. The van der Waals surface area contributed by atoms with Gasteiger partial charge < -0.3 is 10.0 Å². The average molecular weight is 197 g/mol. The van der Waals surface area contributed by atoms with Gasteiger partial charge in [-0.15, -0.1) is 0 Å². The molecule has 1 aliphatic heterocycles. The van der Waals surface area contributed by atoms with Gasteiger partial charge in [0.25, 0.3) is 0 Å².